The molecular weight excluding hydrogens is 518 g/mol. The number of rotatable bonds is 10. The normalized spacial score (nSPS) is 17.4. The van der Waals surface area contributed by atoms with Crippen molar-refractivity contribution in [3.8, 4) is 0 Å². The summed E-state index contributed by atoms with van der Waals surface area (Å²) in [5, 5.41) is 6.56. The van der Waals surface area contributed by atoms with E-state index in [-0.39, 0.29) is 0 Å². The molecule has 0 spiro atoms. The molecule has 0 heterocycles. The lowest BCUT2D eigenvalue weighted by Gasteiger charge is -2.44. The summed E-state index contributed by atoms with van der Waals surface area (Å²) in [6.07, 6.45) is 9.81. The lowest BCUT2D eigenvalue weighted by atomic mass is 9.99. The molecule has 1 fully saturated rings. The van der Waals surface area contributed by atoms with Gasteiger partial charge in [-0.25, -0.2) is 0 Å². The highest BCUT2D eigenvalue weighted by atomic mass is 31.1. The van der Waals surface area contributed by atoms with E-state index < -0.39 is 15.8 Å². The molecule has 0 N–H and O–H groups in total. The van der Waals surface area contributed by atoms with Crippen LogP contribution < -0.4 is 21.2 Å². The van der Waals surface area contributed by atoms with Crippen molar-refractivity contribution in [1.29, 1.82) is 0 Å². The minimum atomic E-state index is -0.486. The van der Waals surface area contributed by atoms with Crippen LogP contribution in [0.5, 0.6) is 0 Å². The first-order valence-corrected chi connectivity index (χ1v) is 18.4. The second kappa shape index (κ2) is 14.1. The van der Waals surface area contributed by atoms with Gasteiger partial charge in [-0.05, 0) is 109 Å². The van der Waals surface area contributed by atoms with Crippen LogP contribution in [0.4, 0.5) is 0 Å². The van der Waals surface area contributed by atoms with Crippen LogP contribution in [0.25, 0.3) is 0 Å². The fraction of sp³-hybridized carbons (Fsp3) is 0.368. The summed E-state index contributed by atoms with van der Waals surface area (Å²) in [5.41, 5.74) is 7.58. The van der Waals surface area contributed by atoms with Gasteiger partial charge < -0.3 is 0 Å². The van der Waals surface area contributed by atoms with Crippen LogP contribution in [0.1, 0.15) is 75.6 Å². The number of aryl methyl sites for hydroxylation is 4. The van der Waals surface area contributed by atoms with E-state index in [0.717, 1.165) is 25.7 Å². The molecular formula is C38H46P2. The van der Waals surface area contributed by atoms with Crippen LogP contribution >= 0.6 is 15.8 Å². The van der Waals surface area contributed by atoms with Crippen LogP contribution in [-0.2, 0) is 25.7 Å². The van der Waals surface area contributed by atoms with Crippen molar-refractivity contribution >= 4 is 37.1 Å². The Balaban J connectivity index is 1.75. The Morgan fingerprint density at radius 3 is 0.925 bits per heavy atom. The minimum absolute atomic E-state index is 0.486. The monoisotopic (exact) mass is 564 g/mol. The molecule has 0 bridgehead atoms. The zero-order chi connectivity index (χ0) is 27.9. The quantitative estimate of drug-likeness (QED) is 0.169. The fourth-order valence-electron chi connectivity index (χ4n) is 6.85. The van der Waals surface area contributed by atoms with Crippen LogP contribution in [-0.4, -0.2) is 11.3 Å². The predicted molar refractivity (Wildman–Crippen MR) is 182 cm³/mol. The zero-order valence-electron chi connectivity index (χ0n) is 24.9. The van der Waals surface area contributed by atoms with Gasteiger partial charge in [0.05, 0.1) is 0 Å². The third-order valence-corrected chi connectivity index (χ3v) is 15.5. The van der Waals surface area contributed by atoms with Gasteiger partial charge in [-0.2, -0.15) is 0 Å². The van der Waals surface area contributed by atoms with Crippen LogP contribution in [0.3, 0.4) is 0 Å². The van der Waals surface area contributed by atoms with E-state index in [1.807, 2.05) is 0 Å². The minimum Gasteiger partial charge on any atom is -0.0619 e. The summed E-state index contributed by atoms with van der Waals surface area (Å²) in [6, 6.07) is 37.8. The SMILES string of the molecule is CCc1ccccc1P(c1ccccc1CC)[C@@H]1CCCC[C@@H]1P(c1ccccc1CC)c1ccccc1CC. The highest BCUT2D eigenvalue weighted by Crippen LogP contribution is 2.57. The summed E-state index contributed by atoms with van der Waals surface area (Å²) in [7, 11) is -0.973. The van der Waals surface area contributed by atoms with E-state index in [9.17, 15) is 0 Å². The van der Waals surface area contributed by atoms with Crippen LogP contribution in [0.15, 0.2) is 97.1 Å². The Morgan fingerprint density at radius 2 is 0.675 bits per heavy atom. The molecule has 0 radical (unpaired) electrons. The van der Waals surface area contributed by atoms with Gasteiger partial charge in [0.1, 0.15) is 0 Å². The van der Waals surface area contributed by atoms with E-state index in [4.69, 9.17) is 0 Å². The van der Waals surface area contributed by atoms with Crippen molar-refractivity contribution in [3.05, 3.63) is 119 Å². The van der Waals surface area contributed by atoms with Gasteiger partial charge >= 0.3 is 0 Å². The summed E-state index contributed by atoms with van der Waals surface area (Å²) >= 11 is 0. The summed E-state index contributed by atoms with van der Waals surface area (Å²) in [4.78, 5) is 0. The molecule has 2 heteroatoms. The summed E-state index contributed by atoms with van der Waals surface area (Å²) in [6.45, 7) is 9.38. The second-order valence-electron chi connectivity index (χ2n) is 11.1. The van der Waals surface area contributed by atoms with Gasteiger partial charge in [0, 0.05) is 0 Å². The van der Waals surface area contributed by atoms with Gasteiger partial charge in [-0.3, -0.25) is 0 Å². The van der Waals surface area contributed by atoms with Gasteiger partial charge in [-0.1, -0.05) is 138 Å². The standard InChI is InChI=1S/C38H46P2/c1-5-29-19-9-13-23-33(29)39(34-24-14-10-20-30(34)6-2)37-27-17-18-28-38(37)40(35-25-15-11-21-31(35)7-3)36-26-16-12-22-32(36)8-4/h9-16,19-26,37-38H,5-8,17-18,27-28H2,1-4H3/t37-,38+. The maximum atomic E-state index is 2.49. The Bertz CT molecular complexity index is 1190. The summed E-state index contributed by atoms with van der Waals surface area (Å²) < 4.78 is 0. The number of hydrogen-bond acceptors (Lipinski definition) is 0. The highest BCUT2D eigenvalue weighted by Gasteiger charge is 2.40. The number of benzene rings is 4. The Kier molecular flexibility index (Phi) is 10.3. The molecule has 0 nitrogen and oxygen atoms in total. The smallest absolute Gasteiger partial charge is 0.00549 e. The van der Waals surface area contributed by atoms with E-state index in [2.05, 4.69) is 125 Å². The Morgan fingerprint density at radius 1 is 0.425 bits per heavy atom. The van der Waals surface area contributed by atoms with Crippen molar-refractivity contribution in [1.82, 2.24) is 0 Å². The molecule has 0 amide bonds. The largest absolute Gasteiger partial charge is 0.0619 e. The Hall–Kier alpha value is -2.26. The van der Waals surface area contributed by atoms with E-state index in [0.29, 0.717) is 11.3 Å². The lowest BCUT2D eigenvalue weighted by molar-refractivity contribution is 0.521. The van der Waals surface area contributed by atoms with Crippen molar-refractivity contribution < 1.29 is 0 Å². The second-order valence-corrected chi connectivity index (χ2v) is 15.8. The van der Waals surface area contributed by atoms with Crippen molar-refractivity contribution in [2.75, 3.05) is 0 Å². The van der Waals surface area contributed by atoms with E-state index in [1.165, 1.54) is 25.7 Å². The molecule has 40 heavy (non-hydrogen) atoms. The van der Waals surface area contributed by atoms with Crippen molar-refractivity contribution in [3.63, 3.8) is 0 Å². The van der Waals surface area contributed by atoms with Gasteiger partial charge in [0.25, 0.3) is 0 Å². The molecule has 0 aliphatic heterocycles. The maximum Gasteiger partial charge on any atom is -0.00549 e. The first-order valence-electron chi connectivity index (χ1n) is 15.6. The molecule has 2 atom stereocenters. The average molecular weight is 565 g/mol. The molecule has 208 valence electrons. The summed E-state index contributed by atoms with van der Waals surface area (Å²) in [5.74, 6) is 0. The molecule has 4 aromatic rings. The first-order chi connectivity index (χ1) is 19.7. The molecule has 1 aliphatic rings. The lowest BCUT2D eigenvalue weighted by Crippen LogP contribution is -2.39. The molecule has 0 aromatic heterocycles. The van der Waals surface area contributed by atoms with Gasteiger partial charge in [0.15, 0.2) is 0 Å². The fourth-order valence-corrected chi connectivity index (χ4v) is 14.6. The predicted octanol–water partition coefficient (Wildman–Crippen LogP) is 8.81. The molecule has 4 aromatic carbocycles. The van der Waals surface area contributed by atoms with Gasteiger partial charge in [-0.15, -0.1) is 0 Å². The van der Waals surface area contributed by atoms with E-state index >= 15 is 0 Å². The molecule has 0 unspecified atom stereocenters. The third kappa shape index (κ3) is 6.01. The van der Waals surface area contributed by atoms with Crippen molar-refractivity contribution in [2.24, 2.45) is 0 Å². The van der Waals surface area contributed by atoms with Crippen molar-refractivity contribution in [2.45, 2.75) is 90.4 Å². The average Bonchev–Trinajstić information content (AvgIpc) is 3.03. The maximum absolute atomic E-state index is 2.49. The van der Waals surface area contributed by atoms with E-state index in [1.54, 1.807) is 43.5 Å². The first kappa shape index (κ1) is 29.2. The third-order valence-electron chi connectivity index (χ3n) is 8.89. The van der Waals surface area contributed by atoms with Crippen LogP contribution in [0, 0.1) is 0 Å². The molecule has 1 aliphatic carbocycles. The molecule has 1 saturated carbocycles. The molecule has 0 saturated heterocycles. The van der Waals surface area contributed by atoms with Crippen LogP contribution in [0.2, 0.25) is 0 Å². The highest BCUT2D eigenvalue weighted by molar-refractivity contribution is 7.77. The Labute approximate surface area is 246 Å². The van der Waals surface area contributed by atoms with Gasteiger partial charge in [0.2, 0.25) is 0 Å². The number of hydrogen-bond donors (Lipinski definition) is 0. The molecule has 5 rings (SSSR count). The zero-order valence-corrected chi connectivity index (χ0v) is 26.7. The topological polar surface area (TPSA) is 0 Å².